The second-order valence-electron chi connectivity index (χ2n) is 3.71. The Bertz CT molecular complexity index is 139. The topological polar surface area (TPSA) is 47.9 Å². The smallest absolute Gasteiger partial charge is 0.0781 e. The Kier molecular flexibility index (Phi) is 9.00. The van der Waals surface area contributed by atoms with Crippen LogP contribution in [0.3, 0.4) is 0 Å². The molecule has 0 heterocycles. The highest BCUT2D eigenvalue weighted by molar-refractivity contribution is 4.54. The van der Waals surface area contributed by atoms with Crippen molar-refractivity contribution in [1.29, 1.82) is 0 Å². The summed E-state index contributed by atoms with van der Waals surface area (Å²) in [5.74, 6) is 0. The number of ether oxygens (including phenoxy) is 3. The second-order valence-corrected chi connectivity index (χ2v) is 3.71. The predicted octanol–water partition coefficient (Wildman–Crippen LogP) is 1.03. The van der Waals surface area contributed by atoms with Crippen LogP contribution in [0.2, 0.25) is 0 Å². The molecule has 0 aromatic rings. The molecular weight excluding hydrogens is 196 g/mol. The molecule has 0 aliphatic carbocycles. The minimum absolute atomic E-state index is 0.0122. The molecule has 0 saturated carbocycles. The molecule has 0 aromatic heterocycles. The van der Waals surface area contributed by atoms with E-state index in [1.165, 1.54) is 0 Å². The summed E-state index contributed by atoms with van der Waals surface area (Å²) in [5, 5.41) is 9.00. The third-order valence-corrected chi connectivity index (χ3v) is 1.73. The van der Waals surface area contributed by atoms with E-state index in [9.17, 15) is 0 Å². The molecule has 3 atom stereocenters. The van der Waals surface area contributed by atoms with Crippen LogP contribution in [0.1, 0.15) is 20.8 Å². The number of aliphatic hydroxyl groups is 1. The summed E-state index contributed by atoms with van der Waals surface area (Å²) in [7, 11) is 0. The summed E-state index contributed by atoms with van der Waals surface area (Å²) in [5.41, 5.74) is 0. The molecule has 0 aromatic carbocycles. The van der Waals surface area contributed by atoms with Gasteiger partial charge < -0.3 is 19.3 Å². The first-order chi connectivity index (χ1) is 7.06. The SMILES string of the molecule is [CH2]COCC(C)OCC(C)OCC(C)O. The summed E-state index contributed by atoms with van der Waals surface area (Å²) < 4.78 is 15.9. The Morgan fingerprint density at radius 3 is 2.07 bits per heavy atom. The number of hydrogen-bond acceptors (Lipinski definition) is 4. The lowest BCUT2D eigenvalue weighted by atomic mass is 10.4. The van der Waals surface area contributed by atoms with E-state index in [1.807, 2.05) is 13.8 Å². The molecule has 0 rings (SSSR count). The zero-order valence-electron chi connectivity index (χ0n) is 9.94. The molecule has 15 heavy (non-hydrogen) atoms. The molecule has 0 spiro atoms. The van der Waals surface area contributed by atoms with Crippen LogP contribution in [-0.2, 0) is 14.2 Å². The zero-order chi connectivity index (χ0) is 11.7. The summed E-state index contributed by atoms with van der Waals surface area (Å²) >= 11 is 0. The second kappa shape index (κ2) is 9.09. The van der Waals surface area contributed by atoms with Gasteiger partial charge in [0.1, 0.15) is 0 Å². The minimum atomic E-state index is -0.431. The monoisotopic (exact) mass is 219 g/mol. The van der Waals surface area contributed by atoms with Crippen LogP contribution in [0.4, 0.5) is 0 Å². The van der Waals surface area contributed by atoms with Crippen molar-refractivity contribution in [2.45, 2.75) is 39.1 Å². The van der Waals surface area contributed by atoms with Gasteiger partial charge in [0.05, 0.1) is 38.1 Å². The summed E-state index contributed by atoms with van der Waals surface area (Å²) in [6, 6.07) is 0. The van der Waals surface area contributed by atoms with Gasteiger partial charge in [0, 0.05) is 6.61 Å². The van der Waals surface area contributed by atoms with Gasteiger partial charge in [0.25, 0.3) is 0 Å². The number of aliphatic hydroxyl groups excluding tert-OH is 1. The lowest BCUT2D eigenvalue weighted by Crippen LogP contribution is -2.25. The van der Waals surface area contributed by atoms with E-state index < -0.39 is 6.10 Å². The third-order valence-electron chi connectivity index (χ3n) is 1.73. The Hall–Kier alpha value is -0.160. The highest BCUT2D eigenvalue weighted by atomic mass is 16.6. The molecule has 0 bridgehead atoms. The zero-order valence-corrected chi connectivity index (χ0v) is 9.94. The first kappa shape index (κ1) is 14.8. The van der Waals surface area contributed by atoms with E-state index in [4.69, 9.17) is 19.3 Å². The lowest BCUT2D eigenvalue weighted by Gasteiger charge is -2.18. The first-order valence-electron chi connectivity index (χ1n) is 5.34. The molecule has 4 heteroatoms. The minimum Gasteiger partial charge on any atom is -0.391 e. The number of rotatable bonds is 9. The van der Waals surface area contributed by atoms with Crippen molar-refractivity contribution in [3.05, 3.63) is 6.92 Å². The molecule has 0 aliphatic heterocycles. The van der Waals surface area contributed by atoms with Crippen molar-refractivity contribution in [3.63, 3.8) is 0 Å². The molecule has 0 amide bonds. The van der Waals surface area contributed by atoms with Crippen LogP contribution < -0.4 is 0 Å². The van der Waals surface area contributed by atoms with Crippen molar-refractivity contribution in [2.24, 2.45) is 0 Å². The molecule has 91 valence electrons. The molecule has 0 saturated heterocycles. The maximum absolute atomic E-state index is 9.00. The van der Waals surface area contributed by atoms with Crippen LogP contribution >= 0.6 is 0 Å². The van der Waals surface area contributed by atoms with Gasteiger partial charge in [-0.2, -0.15) is 0 Å². The van der Waals surface area contributed by atoms with Crippen molar-refractivity contribution < 1.29 is 19.3 Å². The molecule has 0 aliphatic rings. The van der Waals surface area contributed by atoms with E-state index in [-0.39, 0.29) is 12.2 Å². The number of hydrogen-bond donors (Lipinski definition) is 1. The van der Waals surface area contributed by atoms with Gasteiger partial charge >= 0.3 is 0 Å². The van der Waals surface area contributed by atoms with Crippen molar-refractivity contribution in [3.8, 4) is 0 Å². The van der Waals surface area contributed by atoms with E-state index in [2.05, 4.69) is 6.92 Å². The van der Waals surface area contributed by atoms with Crippen LogP contribution in [0, 0.1) is 6.92 Å². The fourth-order valence-electron chi connectivity index (χ4n) is 0.949. The predicted molar refractivity (Wildman–Crippen MR) is 58.7 cm³/mol. The Morgan fingerprint density at radius 1 is 1.00 bits per heavy atom. The van der Waals surface area contributed by atoms with Crippen LogP contribution in [0.15, 0.2) is 0 Å². The van der Waals surface area contributed by atoms with Crippen LogP contribution in [0.25, 0.3) is 0 Å². The first-order valence-corrected chi connectivity index (χ1v) is 5.34. The molecule has 1 N–H and O–H groups in total. The lowest BCUT2D eigenvalue weighted by molar-refractivity contribution is -0.0681. The average molecular weight is 219 g/mol. The molecule has 0 fully saturated rings. The molecular formula is C11H23O4. The van der Waals surface area contributed by atoms with Crippen LogP contribution in [0.5, 0.6) is 0 Å². The van der Waals surface area contributed by atoms with E-state index in [0.29, 0.717) is 26.4 Å². The van der Waals surface area contributed by atoms with Gasteiger partial charge in [0.15, 0.2) is 0 Å². The van der Waals surface area contributed by atoms with Gasteiger partial charge in [-0.1, -0.05) is 0 Å². The fourth-order valence-corrected chi connectivity index (χ4v) is 0.949. The molecule has 3 unspecified atom stereocenters. The quantitative estimate of drug-likeness (QED) is 0.629. The highest BCUT2D eigenvalue weighted by Crippen LogP contribution is 1.98. The van der Waals surface area contributed by atoms with E-state index in [0.717, 1.165) is 0 Å². The maximum atomic E-state index is 9.00. The van der Waals surface area contributed by atoms with Crippen molar-refractivity contribution in [2.75, 3.05) is 26.4 Å². The Morgan fingerprint density at radius 2 is 1.53 bits per heavy atom. The van der Waals surface area contributed by atoms with Gasteiger partial charge in [-0.15, -0.1) is 0 Å². The largest absolute Gasteiger partial charge is 0.391 e. The third kappa shape index (κ3) is 10.1. The molecule has 4 nitrogen and oxygen atoms in total. The normalized spacial score (nSPS) is 17.4. The highest BCUT2D eigenvalue weighted by Gasteiger charge is 2.07. The fraction of sp³-hybridized carbons (Fsp3) is 0.909. The van der Waals surface area contributed by atoms with Crippen LogP contribution in [-0.4, -0.2) is 49.8 Å². The van der Waals surface area contributed by atoms with E-state index >= 15 is 0 Å². The van der Waals surface area contributed by atoms with E-state index in [1.54, 1.807) is 6.92 Å². The van der Waals surface area contributed by atoms with Gasteiger partial charge in [0.2, 0.25) is 0 Å². The maximum Gasteiger partial charge on any atom is 0.0781 e. The standard InChI is InChI=1S/C11H23O4/c1-5-13-7-10(3)15-8-11(4)14-6-9(2)12/h9-12H,1,5-8H2,2-4H3. The summed E-state index contributed by atoms with van der Waals surface area (Å²) in [6.07, 6.45) is -0.398. The molecule has 1 radical (unpaired) electrons. The van der Waals surface area contributed by atoms with Gasteiger partial charge in [-0.05, 0) is 27.7 Å². The summed E-state index contributed by atoms with van der Waals surface area (Å²) in [6.45, 7) is 11.0. The average Bonchev–Trinajstić information content (AvgIpc) is 2.20. The van der Waals surface area contributed by atoms with Crippen molar-refractivity contribution >= 4 is 0 Å². The van der Waals surface area contributed by atoms with Gasteiger partial charge in [-0.25, -0.2) is 0 Å². The Labute approximate surface area is 92.5 Å². The van der Waals surface area contributed by atoms with Crippen molar-refractivity contribution in [1.82, 2.24) is 0 Å². The summed E-state index contributed by atoms with van der Waals surface area (Å²) in [4.78, 5) is 0. The van der Waals surface area contributed by atoms with Gasteiger partial charge in [-0.3, -0.25) is 0 Å². The Balaban J connectivity index is 3.39.